The minimum absolute atomic E-state index is 0.0158. The Hall–Kier alpha value is -1.85. The number of carboxylic acids is 2. The Balaban J connectivity index is 4.70. The van der Waals surface area contributed by atoms with Gasteiger partial charge in [-0.2, -0.15) is 12.6 Å². The maximum atomic E-state index is 11.8. The van der Waals surface area contributed by atoms with Crippen LogP contribution < -0.4 is 16.4 Å². The van der Waals surface area contributed by atoms with Crippen LogP contribution in [0.1, 0.15) is 12.8 Å². The van der Waals surface area contributed by atoms with E-state index in [4.69, 9.17) is 21.1 Å². The van der Waals surface area contributed by atoms with Gasteiger partial charge in [0, 0.05) is 12.2 Å². The van der Waals surface area contributed by atoms with E-state index < -0.39 is 54.9 Å². The van der Waals surface area contributed by atoms with Gasteiger partial charge in [0.05, 0.1) is 12.6 Å². The fourth-order valence-corrected chi connectivity index (χ4v) is 1.52. The van der Waals surface area contributed by atoms with Crippen molar-refractivity contribution in [2.45, 2.75) is 31.0 Å². The summed E-state index contributed by atoms with van der Waals surface area (Å²) in [6.45, 7) is -0.776. The number of aliphatic carboxylic acids is 2. The van der Waals surface area contributed by atoms with Gasteiger partial charge in [-0.3, -0.25) is 14.4 Å². The lowest BCUT2D eigenvalue weighted by atomic mass is 10.1. The average molecular weight is 337 g/mol. The second kappa shape index (κ2) is 9.97. The lowest BCUT2D eigenvalue weighted by Gasteiger charge is -2.20. The number of aliphatic hydroxyl groups is 1. The number of hydrogen-bond acceptors (Lipinski definition) is 7. The van der Waals surface area contributed by atoms with Crippen LogP contribution in [0.2, 0.25) is 0 Å². The Labute approximate surface area is 131 Å². The van der Waals surface area contributed by atoms with Crippen LogP contribution in [-0.2, 0) is 19.2 Å². The summed E-state index contributed by atoms with van der Waals surface area (Å²) in [7, 11) is 0. The first-order valence-electron chi connectivity index (χ1n) is 6.25. The van der Waals surface area contributed by atoms with Crippen LogP contribution in [0.3, 0.4) is 0 Å². The van der Waals surface area contributed by atoms with Crippen molar-refractivity contribution in [1.29, 1.82) is 0 Å². The molecular formula is C11H19N3O7S. The van der Waals surface area contributed by atoms with Crippen molar-refractivity contribution < 1.29 is 34.5 Å². The molecule has 126 valence electrons. The zero-order valence-electron chi connectivity index (χ0n) is 11.6. The van der Waals surface area contributed by atoms with E-state index in [1.165, 1.54) is 0 Å². The van der Waals surface area contributed by atoms with E-state index in [2.05, 4.69) is 17.9 Å². The number of carboxylic acid groups (broad SMARTS) is 2. The fraction of sp³-hybridized carbons (Fsp3) is 0.636. The molecule has 0 aromatic rings. The molecule has 0 aliphatic rings. The summed E-state index contributed by atoms with van der Waals surface area (Å²) in [5.74, 6) is -4.32. The van der Waals surface area contributed by atoms with Crippen molar-refractivity contribution in [3.05, 3.63) is 0 Å². The normalized spacial score (nSPS) is 14.5. The molecule has 0 aromatic heterocycles. The molecule has 0 bridgehead atoms. The summed E-state index contributed by atoms with van der Waals surface area (Å²) in [5.41, 5.74) is 5.39. The molecule has 7 N–H and O–H groups in total. The number of amides is 2. The highest BCUT2D eigenvalue weighted by molar-refractivity contribution is 7.80. The van der Waals surface area contributed by atoms with Gasteiger partial charge in [0.1, 0.15) is 12.1 Å². The molecule has 0 aliphatic heterocycles. The Bertz CT molecular complexity index is 432. The third-order valence-electron chi connectivity index (χ3n) is 2.61. The zero-order valence-corrected chi connectivity index (χ0v) is 12.5. The van der Waals surface area contributed by atoms with Gasteiger partial charge in [-0.05, 0) is 6.42 Å². The van der Waals surface area contributed by atoms with Gasteiger partial charge in [-0.1, -0.05) is 0 Å². The molecule has 10 nitrogen and oxygen atoms in total. The number of rotatable bonds is 10. The predicted octanol–water partition coefficient (Wildman–Crippen LogP) is -2.85. The van der Waals surface area contributed by atoms with E-state index in [1.807, 2.05) is 5.32 Å². The van der Waals surface area contributed by atoms with Gasteiger partial charge >= 0.3 is 11.9 Å². The molecule has 0 heterocycles. The first-order valence-corrected chi connectivity index (χ1v) is 6.88. The average Bonchev–Trinajstić information content (AvgIpc) is 2.46. The number of nitrogens with two attached hydrogens (primary N) is 1. The van der Waals surface area contributed by atoms with Gasteiger partial charge < -0.3 is 31.7 Å². The molecule has 0 aromatic carbocycles. The van der Waals surface area contributed by atoms with Crippen molar-refractivity contribution in [1.82, 2.24) is 10.6 Å². The van der Waals surface area contributed by atoms with E-state index in [0.717, 1.165) is 0 Å². The maximum Gasteiger partial charge on any atom is 0.326 e. The third-order valence-corrected chi connectivity index (χ3v) is 3.00. The first kappa shape index (κ1) is 20.1. The zero-order chi connectivity index (χ0) is 17.3. The molecule has 2 amide bonds. The third kappa shape index (κ3) is 7.24. The lowest BCUT2D eigenvalue weighted by molar-refractivity contribution is -0.143. The van der Waals surface area contributed by atoms with E-state index in [9.17, 15) is 19.2 Å². The van der Waals surface area contributed by atoms with Crippen LogP contribution in [0.25, 0.3) is 0 Å². The summed E-state index contributed by atoms with van der Waals surface area (Å²) >= 11 is 3.81. The Kier molecular flexibility index (Phi) is 9.13. The largest absolute Gasteiger partial charge is 0.481 e. The molecule has 0 fully saturated rings. The minimum atomic E-state index is -1.45. The number of nitrogens with one attached hydrogen (secondary N) is 2. The summed E-state index contributed by atoms with van der Waals surface area (Å²) in [4.78, 5) is 44.7. The van der Waals surface area contributed by atoms with Crippen molar-refractivity contribution in [3.8, 4) is 0 Å². The molecule has 3 atom stereocenters. The topological polar surface area (TPSA) is 179 Å². The van der Waals surface area contributed by atoms with Gasteiger partial charge in [0.15, 0.2) is 0 Å². The summed E-state index contributed by atoms with van der Waals surface area (Å²) in [6, 6.07) is -3.84. The van der Waals surface area contributed by atoms with Crippen LogP contribution in [0.4, 0.5) is 0 Å². The van der Waals surface area contributed by atoms with E-state index in [0.29, 0.717) is 0 Å². The second-order valence-electron chi connectivity index (χ2n) is 4.36. The molecule has 0 saturated heterocycles. The number of hydrogen-bond donors (Lipinski definition) is 7. The van der Waals surface area contributed by atoms with Crippen molar-refractivity contribution >= 4 is 36.4 Å². The van der Waals surface area contributed by atoms with Crippen LogP contribution >= 0.6 is 12.6 Å². The Morgan fingerprint density at radius 1 is 1.05 bits per heavy atom. The van der Waals surface area contributed by atoms with Gasteiger partial charge in [0.25, 0.3) is 0 Å². The van der Waals surface area contributed by atoms with Gasteiger partial charge in [-0.25, -0.2) is 4.79 Å². The lowest BCUT2D eigenvalue weighted by Crippen LogP contribution is -2.56. The summed E-state index contributed by atoms with van der Waals surface area (Å²) in [6.07, 6.45) is -0.795. The molecule has 0 radical (unpaired) electrons. The molecule has 0 rings (SSSR count). The van der Waals surface area contributed by atoms with Crippen LogP contribution in [0.5, 0.6) is 0 Å². The number of carbonyl (C=O) groups excluding carboxylic acids is 2. The molecule has 0 spiro atoms. The quantitative estimate of drug-likeness (QED) is 0.208. The standard InChI is InChI=1S/C11H19N3O7S/c12-5(4-22)9(18)14-7(3-15)10(19)13-6(11(20)21)1-2-8(16)17/h5-7,15,22H,1-4,12H2,(H,13,19)(H,14,18)(H,16,17)(H,20,21)/t5-,6-,7-/m0/s1. The fourth-order valence-electron chi connectivity index (χ4n) is 1.35. The molecule has 0 aliphatic carbocycles. The summed E-state index contributed by atoms with van der Waals surface area (Å²) < 4.78 is 0. The highest BCUT2D eigenvalue weighted by Gasteiger charge is 2.27. The molecule has 22 heavy (non-hydrogen) atoms. The van der Waals surface area contributed by atoms with Gasteiger partial charge in [-0.15, -0.1) is 0 Å². The van der Waals surface area contributed by atoms with Crippen LogP contribution in [-0.4, -0.2) is 69.6 Å². The first-order chi connectivity index (χ1) is 10.2. The molecule has 0 saturated carbocycles. The van der Waals surface area contributed by atoms with Crippen LogP contribution in [0.15, 0.2) is 0 Å². The highest BCUT2D eigenvalue weighted by atomic mass is 32.1. The maximum absolute atomic E-state index is 11.8. The molecule has 11 heteroatoms. The smallest absolute Gasteiger partial charge is 0.326 e. The number of aliphatic hydroxyl groups excluding tert-OH is 1. The van der Waals surface area contributed by atoms with Crippen molar-refractivity contribution in [2.24, 2.45) is 5.73 Å². The monoisotopic (exact) mass is 337 g/mol. The number of thiol groups is 1. The van der Waals surface area contributed by atoms with E-state index >= 15 is 0 Å². The highest BCUT2D eigenvalue weighted by Crippen LogP contribution is 1.99. The molecule has 0 unspecified atom stereocenters. The molecular weight excluding hydrogens is 318 g/mol. The second-order valence-corrected chi connectivity index (χ2v) is 4.73. The predicted molar refractivity (Wildman–Crippen MR) is 77.3 cm³/mol. The SMILES string of the molecule is N[C@@H](CS)C(=O)N[C@@H](CO)C(=O)N[C@@H](CCC(=O)O)C(=O)O. The Morgan fingerprint density at radius 3 is 2.00 bits per heavy atom. The van der Waals surface area contributed by atoms with Crippen molar-refractivity contribution in [3.63, 3.8) is 0 Å². The number of carbonyl (C=O) groups is 4. The van der Waals surface area contributed by atoms with Crippen LogP contribution in [0, 0.1) is 0 Å². The summed E-state index contributed by atoms with van der Waals surface area (Å²) in [5, 5.41) is 30.7. The van der Waals surface area contributed by atoms with E-state index in [-0.39, 0.29) is 12.2 Å². The van der Waals surface area contributed by atoms with E-state index in [1.54, 1.807) is 0 Å². The van der Waals surface area contributed by atoms with Gasteiger partial charge in [0.2, 0.25) is 11.8 Å². The minimum Gasteiger partial charge on any atom is -0.481 e. The van der Waals surface area contributed by atoms with Crippen molar-refractivity contribution in [2.75, 3.05) is 12.4 Å². The Morgan fingerprint density at radius 2 is 1.59 bits per heavy atom.